The standard InChI is InChI=1S/C19H36N2O2/c1-19(2,3)23-18(22)21-14-12-16(15-21)11-13-20-17-9-7-5-4-6-8-10-17/h16-17,20H,4-15H2,1-3H3. The van der Waals surface area contributed by atoms with Gasteiger partial charge in [-0.05, 0) is 58.9 Å². The van der Waals surface area contributed by atoms with Gasteiger partial charge in [0.25, 0.3) is 0 Å². The summed E-state index contributed by atoms with van der Waals surface area (Å²) in [5.74, 6) is 0.628. The van der Waals surface area contributed by atoms with Gasteiger partial charge in [0.1, 0.15) is 5.60 Å². The number of hydrogen-bond donors (Lipinski definition) is 1. The third-order valence-corrected chi connectivity index (χ3v) is 5.03. The van der Waals surface area contributed by atoms with Crippen molar-refractivity contribution < 1.29 is 9.53 Å². The maximum atomic E-state index is 12.1. The number of amides is 1. The van der Waals surface area contributed by atoms with E-state index in [0.717, 1.165) is 32.1 Å². The van der Waals surface area contributed by atoms with E-state index in [2.05, 4.69) is 5.32 Å². The maximum absolute atomic E-state index is 12.1. The lowest BCUT2D eigenvalue weighted by Gasteiger charge is -2.24. The molecule has 1 atom stereocenters. The zero-order valence-electron chi connectivity index (χ0n) is 15.4. The van der Waals surface area contributed by atoms with E-state index in [-0.39, 0.29) is 6.09 Å². The van der Waals surface area contributed by atoms with Crippen LogP contribution in [-0.4, -0.2) is 42.3 Å². The molecule has 4 heteroatoms. The molecule has 1 amide bonds. The summed E-state index contributed by atoms with van der Waals surface area (Å²) >= 11 is 0. The topological polar surface area (TPSA) is 41.6 Å². The number of likely N-dealkylation sites (tertiary alicyclic amines) is 1. The number of carbonyl (C=O) groups excluding carboxylic acids is 1. The summed E-state index contributed by atoms with van der Waals surface area (Å²) in [5.41, 5.74) is -0.394. The van der Waals surface area contributed by atoms with E-state index in [1.165, 1.54) is 51.4 Å². The van der Waals surface area contributed by atoms with Crippen molar-refractivity contribution in [2.45, 2.75) is 90.2 Å². The van der Waals surface area contributed by atoms with Crippen LogP contribution in [0.3, 0.4) is 0 Å². The minimum Gasteiger partial charge on any atom is -0.444 e. The zero-order chi connectivity index (χ0) is 16.7. The molecule has 1 unspecified atom stereocenters. The Hall–Kier alpha value is -0.770. The Labute approximate surface area is 142 Å². The molecule has 0 radical (unpaired) electrons. The summed E-state index contributed by atoms with van der Waals surface area (Å²) in [4.78, 5) is 14.0. The minimum absolute atomic E-state index is 0.145. The SMILES string of the molecule is CC(C)(C)OC(=O)N1CCC(CCNC2CCCCCCC2)C1. The summed E-state index contributed by atoms with van der Waals surface area (Å²) < 4.78 is 5.47. The molecule has 1 aliphatic carbocycles. The summed E-state index contributed by atoms with van der Waals surface area (Å²) in [7, 11) is 0. The van der Waals surface area contributed by atoms with Crippen molar-refractivity contribution in [2.24, 2.45) is 5.92 Å². The van der Waals surface area contributed by atoms with Crippen molar-refractivity contribution in [3.63, 3.8) is 0 Å². The molecule has 0 aromatic carbocycles. The molecule has 1 saturated carbocycles. The monoisotopic (exact) mass is 324 g/mol. The van der Waals surface area contributed by atoms with Gasteiger partial charge in [-0.1, -0.05) is 32.1 Å². The Bertz CT molecular complexity index is 357. The van der Waals surface area contributed by atoms with Crippen molar-refractivity contribution >= 4 is 6.09 Å². The second kappa shape index (κ2) is 8.91. The van der Waals surface area contributed by atoms with Crippen LogP contribution in [0.25, 0.3) is 0 Å². The molecule has 23 heavy (non-hydrogen) atoms. The van der Waals surface area contributed by atoms with Gasteiger partial charge in [0.05, 0.1) is 0 Å². The highest BCUT2D eigenvalue weighted by Crippen LogP contribution is 2.22. The quantitative estimate of drug-likeness (QED) is 0.836. The van der Waals surface area contributed by atoms with Gasteiger partial charge in [-0.15, -0.1) is 0 Å². The van der Waals surface area contributed by atoms with Crippen LogP contribution in [0.1, 0.15) is 78.6 Å². The first-order chi connectivity index (χ1) is 10.9. The first kappa shape index (κ1) is 18.6. The Morgan fingerprint density at radius 3 is 2.39 bits per heavy atom. The highest BCUT2D eigenvalue weighted by atomic mass is 16.6. The van der Waals surface area contributed by atoms with Crippen LogP contribution >= 0.6 is 0 Å². The highest BCUT2D eigenvalue weighted by Gasteiger charge is 2.29. The second-order valence-corrected chi connectivity index (χ2v) is 8.37. The molecule has 0 aromatic rings. The fourth-order valence-electron chi connectivity index (χ4n) is 3.71. The molecule has 1 N–H and O–H groups in total. The van der Waals surface area contributed by atoms with Gasteiger partial charge in [-0.2, -0.15) is 0 Å². The largest absolute Gasteiger partial charge is 0.444 e. The van der Waals surface area contributed by atoms with Crippen LogP contribution < -0.4 is 5.32 Å². The van der Waals surface area contributed by atoms with Crippen LogP contribution in [0.5, 0.6) is 0 Å². The van der Waals surface area contributed by atoms with Crippen LogP contribution in [0.2, 0.25) is 0 Å². The van der Waals surface area contributed by atoms with Gasteiger partial charge < -0.3 is 15.0 Å². The number of ether oxygens (including phenoxy) is 1. The molecular formula is C19H36N2O2. The van der Waals surface area contributed by atoms with E-state index >= 15 is 0 Å². The van der Waals surface area contributed by atoms with E-state index < -0.39 is 5.60 Å². The first-order valence-electron chi connectivity index (χ1n) is 9.65. The lowest BCUT2D eigenvalue weighted by atomic mass is 9.96. The van der Waals surface area contributed by atoms with Crippen LogP contribution in [0, 0.1) is 5.92 Å². The average Bonchev–Trinajstić information content (AvgIpc) is 2.88. The normalized spacial score (nSPS) is 24.3. The minimum atomic E-state index is -0.394. The first-order valence-corrected chi connectivity index (χ1v) is 9.65. The number of hydrogen-bond acceptors (Lipinski definition) is 3. The van der Waals surface area contributed by atoms with E-state index in [1.807, 2.05) is 25.7 Å². The van der Waals surface area contributed by atoms with Gasteiger partial charge in [-0.3, -0.25) is 0 Å². The summed E-state index contributed by atoms with van der Waals surface area (Å²) in [6.45, 7) is 8.59. The maximum Gasteiger partial charge on any atom is 0.410 e. The summed E-state index contributed by atoms with van der Waals surface area (Å²) in [5, 5.41) is 3.76. The second-order valence-electron chi connectivity index (χ2n) is 8.37. The molecular weight excluding hydrogens is 288 g/mol. The third-order valence-electron chi connectivity index (χ3n) is 5.03. The van der Waals surface area contributed by atoms with Crippen molar-refractivity contribution in [1.29, 1.82) is 0 Å². The smallest absolute Gasteiger partial charge is 0.410 e. The van der Waals surface area contributed by atoms with Crippen molar-refractivity contribution in [2.75, 3.05) is 19.6 Å². The Balaban J connectivity index is 1.62. The fraction of sp³-hybridized carbons (Fsp3) is 0.947. The van der Waals surface area contributed by atoms with E-state index in [9.17, 15) is 4.79 Å². The lowest BCUT2D eigenvalue weighted by Crippen LogP contribution is -2.35. The molecule has 0 aromatic heterocycles. The molecule has 0 spiro atoms. The molecule has 1 heterocycles. The number of rotatable bonds is 4. The highest BCUT2D eigenvalue weighted by molar-refractivity contribution is 5.68. The summed E-state index contributed by atoms with van der Waals surface area (Å²) in [6.07, 6.45) is 11.8. The zero-order valence-corrected chi connectivity index (χ0v) is 15.4. The fourth-order valence-corrected chi connectivity index (χ4v) is 3.71. The molecule has 4 nitrogen and oxygen atoms in total. The number of nitrogens with one attached hydrogen (secondary N) is 1. The molecule has 2 rings (SSSR count). The lowest BCUT2D eigenvalue weighted by molar-refractivity contribution is 0.0287. The van der Waals surface area contributed by atoms with Gasteiger partial charge in [0.15, 0.2) is 0 Å². The van der Waals surface area contributed by atoms with Crippen LogP contribution in [0.4, 0.5) is 4.79 Å². The molecule has 0 bridgehead atoms. The predicted octanol–water partition coefficient (Wildman–Crippen LogP) is 4.34. The molecule has 1 aliphatic heterocycles. The third kappa shape index (κ3) is 7.11. The number of carbonyl (C=O) groups is 1. The number of nitrogens with zero attached hydrogens (tertiary/aromatic N) is 1. The molecule has 2 fully saturated rings. The summed E-state index contributed by atoms with van der Waals surface area (Å²) in [6, 6.07) is 0.721. The van der Waals surface area contributed by atoms with E-state index in [0.29, 0.717) is 5.92 Å². The Morgan fingerprint density at radius 2 is 1.74 bits per heavy atom. The molecule has 2 aliphatic rings. The van der Waals surface area contributed by atoms with Crippen molar-refractivity contribution in [3.05, 3.63) is 0 Å². The van der Waals surface area contributed by atoms with Crippen molar-refractivity contribution in [1.82, 2.24) is 10.2 Å². The Morgan fingerprint density at radius 1 is 1.09 bits per heavy atom. The van der Waals surface area contributed by atoms with Gasteiger partial charge in [0.2, 0.25) is 0 Å². The van der Waals surface area contributed by atoms with E-state index in [4.69, 9.17) is 4.74 Å². The molecule has 134 valence electrons. The average molecular weight is 325 g/mol. The van der Waals surface area contributed by atoms with Gasteiger partial charge >= 0.3 is 6.09 Å². The predicted molar refractivity (Wildman–Crippen MR) is 94.6 cm³/mol. The van der Waals surface area contributed by atoms with Gasteiger partial charge in [0, 0.05) is 19.1 Å². The Kier molecular flexibility index (Phi) is 7.19. The van der Waals surface area contributed by atoms with E-state index in [1.54, 1.807) is 0 Å². The van der Waals surface area contributed by atoms with Gasteiger partial charge in [-0.25, -0.2) is 4.79 Å². The van der Waals surface area contributed by atoms with Crippen molar-refractivity contribution in [3.8, 4) is 0 Å². The van der Waals surface area contributed by atoms with Crippen LogP contribution in [-0.2, 0) is 4.74 Å². The molecule has 1 saturated heterocycles. The van der Waals surface area contributed by atoms with Crippen LogP contribution in [0.15, 0.2) is 0 Å².